The molecule has 1 amide bonds. The number of carbonyl (C=O) groups is 1. The van der Waals surface area contributed by atoms with Gasteiger partial charge in [0.2, 0.25) is 5.91 Å². The molecule has 5 heteroatoms. The van der Waals surface area contributed by atoms with Gasteiger partial charge in [0.1, 0.15) is 11.1 Å². The summed E-state index contributed by atoms with van der Waals surface area (Å²) in [6.07, 6.45) is 2.65. The molecule has 2 aromatic rings. The summed E-state index contributed by atoms with van der Waals surface area (Å²) in [5, 5.41) is 5.85. The Bertz CT molecular complexity index is 591. The Morgan fingerprint density at radius 2 is 2.19 bits per heavy atom. The van der Waals surface area contributed by atoms with Crippen LogP contribution in [-0.4, -0.2) is 23.6 Å². The Morgan fingerprint density at radius 3 is 2.95 bits per heavy atom. The predicted molar refractivity (Wildman–Crippen MR) is 83.0 cm³/mol. The number of ether oxygens (including phenoxy) is 1. The standard InChI is InChI=1S/C16H18N2O2S/c19-16(14-8-4-5-9-20-14)17-10-15-18-13(11-21-15)12-6-2-1-3-7-12/h1-3,6-7,11,14H,4-5,8-10H2,(H,17,19)/t14-/m0/s1. The molecule has 1 aromatic carbocycles. The smallest absolute Gasteiger partial charge is 0.249 e. The average Bonchev–Trinajstić information content (AvgIpc) is 3.03. The highest BCUT2D eigenvalue weighted by Crippen LogP contribution is 2.21. The van der Waals surface area contributed by atoms with Crippen molar-refractivity contribution in [2.45, 2.75) is 31.9 Å². The van der Waals surface area contributed by atoms with Gasteiger partial charge in [-0.1, -0.05) is 30.3 Å². The molecule has 0 radical (unpaired) electrons. The molecule has 1 N–H and O–H groups in total. The Balaban J connectivity index is 1.56. The highest BCUT2D eigenvalue weighted by atomic mass is 32.1. The zero-order valence-electron chi connectivity index (χ0n) is 11.7. The number of thiazole rings is 1. The Morgan fingerprint density at radius 1 is 1.33 bits per heavy atom. The molecule has 0 unspecified atom stereocenters. The first-order valence-corrected chi connectivity index (χ1v) is 8.10. The van der Waals surface area contributed by atoms with Gasteiger partial charge in [0.15, 0.2) is 0 Å². The van der Waals surface area contributed by atoms with Gasteiger partial charge in [-0.3, -0.25) is 4.79 Å². The van der Waals surface area contributed by atoms with Crippen LogP contribution in [0.25, 0.3) is 11.3 Å². The summed E-state index contributed by atoms with van der Waals surface area (Å²) in [4.78, 5) is 16.5. The second kappa shape index (κ2) is 6.83. The van der Waals surface area contributed by atoms with Crippen molar-refractivity contribution >= 4 is 17.2 Å². The Hall–Kier alpha value is -1.72. The number of benzene rings is 1. The summed E-state index contributed by atoms with van der Waals surface area (Å²) < 4.78 is 5.47. The molecular formula is C16H18N2O2S. The molecule has 2 heterocycles. The van der Waals surface area contributed by atoms with E-state index in [4.69, 9.17) is 4.74 Å². The molecule has 1 aliphatic rings. The minimum atomic E-state index is -0.285. The van der Waals surface area contributed by atoms with Gasteiger partial charge in [-0.15, -0.1) is 11.3 Å². The number of rotatable bonds is 4. The molecule has 1 saturated heterocycles. The number of aromatic nitrogens is 1. The molecule has 3 rings (SSSR count). The summed E-state index contributed by atoms with van der Waals surface area (Å²) in [5.74, 6) is -0.0221. The molecule has 0 spiro atoms. The van der Waals surface area contributed by atoms with Crippen LogP contribution in [0.3, 0.4) is 0 Å². The van der Waals surface area contributed by atoms with Crippen LogP contribution in [0.5, 0.6) is 0 Å². The summed E-state index contributed by atoms with van der Waals surface area (Å²) in [6, 6.07) is 10.1. The normalized spacial score (nSPS) is 18.4. The van der Waals surface area contributed by atoms with Crippen LogP contribution in [0.4, 0.5) is 0 Å². The van der Waals surface area contributed by atoms with Crippen molar-refractivity contribution in [1.82, 2.24) is 10.3 Å². The highest BCUT2D eigenvalue weighted by Gasteiger charge is 2.21. The number of nitrogens with zero attached hydrogens (tertiary/aromatic N) is 1. The molecule has 1 aliphatic heterocycles. The monoisotopic (exact) mass is 302 g/mol. The van der Waals surface area contributed by atoms with E-state index in [9.17, 15) is 4.79 Å². The molecule has 0 saturated carbocycles. The number of hydrogen-bond acceptors (Lipinski definition) is 4. The molecule has 0 aliphatic carbocycles. The van der Waals surface area contributed by atoms with Crippen LogP contribution in [0.1, 0.15) is 24.3 Å². The maximum Gasteiger partial charge on any atom is 0.249 e. The van der Waals surface area contributed by atoms with Gasteiger partial charge in [-0.2, -0.15) is 0 Å². The van der Waals surface area contributed by atoms with Gasteiger partial charge in [-0.25, -0.2) is 4.98 Å². The molecule has 21 heavy (non-hydrogen) atoms. The first-order valence-electron chi connectivity index (χ1n) is 7.22. The van der Waals surface area contributed by atoms with E-state index in [0.717, 1.165) is 35.5 Å². The van der Waals surface area contributed by atoms with Crippen LogP contribution in [-0.2, 0) is 16.1 Å². The molecule has 4 nitrogen and oxygen atoms in total. The van der Waals surface area contributed by atoms with Crippen LogP contribution in [0.2, 0.25) is 0 Å². The average molecular weight is 302 g/mol. The summed E-state index contributed by atoms with van der Waals surface area (Å²) in [6.45, 7) is 1.16. The first-order chi connectivity index (χ1) is 10.3. The largest absolute Gasteiger partial charge is 0.368 e. The number of nitrogens with one attached hydrogen (secondary N) is 1. The minimum absolute atomic E-state index is 0.0221. The molecule has 1 aromatic heterocycles. The third kappa shape index (κ3) is 3.68. The van der Waals surface area contributed by atoms with Gasteiger partial charge in [0, 0.05) is 17.6 Å². The summed E-state index contributed by atoms with van der Waals surface area (Å²) in [7, 11) is 0. The second-order valence-electron chi connectivity index (χ2n) is 5.07. The van der Waals surface area contributed by atoms with Crippen molar-refractivity contribution in [2.24, 2.45) is 0 Å². The first kappa shape index (κ1) is 14.2. The fourth-order valence-electron chi connectivity index (χ4n) is 2.36. The van der Waals surface area contributed by atoms with E-state index in [1.165, 1.54) is 0 Å². The van der Waals surface area contributed by atoms with E-state index < -0.39 is 0 Å². The van der Waals surface area contributed by atoms with Crippen molar-refractivity contribution in [3.05, 3.63) is 40.7 Å². The van der Waals surface area contributed by atoms with E-state index in [1.54, 1.807) is 11.3 Å². The number of carbonyl (C=O) groups excluding carboxylic acids is 1. The van der Waals surface area contributed by atoms with Crippen LogP contribution in [0, 0.1) is 0 Å². The van der Waals surface area contributed by atoms with Gasteiger partial charge >= 0.3 is 0 Å². The lowest BCUT2D eigenvalue weighted by atomic mass is 10.1. The predicted octanol–water partition coefficient (Wildman–Crippen LogP) is 3.00. The maximum absolute atomic E-state index is 12.0. The molecule has 1 atom stereocenters. The number of amides is 1. The number of hydrogen-bond donors (Lipinski definition) is 1. The van der Waals surface area contributed by atoms with Crippen molar-refractivity contribution in [2.75, 3.05) is 6.61 Å². The van der Waals surface area contributed by atoms with Crippen molar-refractivity contribution in [1.29, 1.82) is 0 Å². The van der Waals surface area contributed by atoms with E-state index >= 15 is 0 Å². The van der Waals surface area contributed by atoms with Crippen LogP contribution in [0.15, 0.2) is 35.7 Å². The topological polar surface area (TPSA) is 51.2 Å². The lowest BCUT2D eigenvalue weighted by Gasteiger charge is -2.21. The Labute approximate surface area is 128 Å². The van der Waals surface area contributed by atoms with Gasteiger partial charge in [0.05, 0.1) is 12.2 Å². The lowest BCUT2D eigenvalue weighted by molar-refractivity contribution is -0.135. The molecule has 110 valence electrons. The van der Waals surface area contributed by atoms with E-state index in [0.29, 0.717) is 13.2 Å². The van der Waals surface area contributed by atoms with Crippen molar-refractivity contribution < 1.29 is 9.53 Å². The third-order valence-corrected chi connectivity index (χ3v) is 4.36. The fraction of sp³-hybridized carbons (Fsp3) is 0.375. The van der Waals surface area contributed by atoms with E-state index in [1.807, 2.05) is 35.7 Å². The minimum Gasteiger partial charge on any atom is -0.368 e. The molecule has 0 bridgehead atoms. The van der Waals surface area contributed by atoms with E-state index in [-0.39, 0.29) is 12.0 Å². The zero-order chi connectivity index (χ0) is 14.5. The van der Waals surface area contributed by atoms with Crippen molar-refractivity contribution in [3.8, 4) is 11.3 Å². The highest BCUT2D eigenvalue weighted by molar-refractivity contribution is 7.09. The Kier molecular flexibility index (Phi) is 4.62. The second-order valence-corrected chi connectivity index (χ2v) is 6.01. The van der Waals surface area contributed by atoms with Crippen LogP contribution >= 0.6 is 11.3 Å². The van der Waals surface area contributed by atoms with Crippen LogP contribution < -0.4 is 5.32 Å². The van der Waals surface area contributed by atoms with Crippen molar-refractivity contribution in [3.63, 3.8) is 0 Å². The molecule has 1 fully saturated rings. The lowest BCUT2D eigenvalue weighted by Crippen LogP contribution is -2.37. The van der Waals surface area contributed by atoms with Gasteiger partial charge < -0.3 is 10.1 Å². The fourth-order valence-corrected chi connectivity index (χ4v) is 3.10. The third-order valence-electron chi connectivity index (χ3n) is 3.51. The SMILES string of the molecule is O=C(NCc1nc(-c2ccccc2)cs1)[C@@H]1CCCCO1. The van der Waals surface area contributed by atoms with E-state index in [2.05, 4.69) is 10.3 Å². The summed E-state index contributed by atoms with van der Waals surface area (Å²) in [5.41, 5.74) is 2.06. The molecular weight excluding hydrogens is 284 g/mol. The maximum atomic E-state index is 12.0. The van der Waals surface area contributed by atoms with Gasteiger partial charge in [0.25, 0.3) is 0 Å². The quantitative estimate of drug-likeness (QED) is 0.944. The van der Waals surface area contributed by atoms with Gasteiger partial charge in [-0.05, 0) is 19.3 Å². The summed E-state index contributed by atoms with van der Waals surface area (Å²) >= 11 is 1.57. The zero-order valence-corrected chi connectivity index (χ0v) is 12.6.